The number of alkyl halides is 10. The van der Waals surface area contributed by atoms with Gasteiger partial charge < -0.3 is 10.2 Å². The molecule has 0 spiro atoms. The van der Waals surface area contributed by atoms with Gasteiger partial charge in [0.1, 0.15) is 0 Å². The van der Waals surface area contributed by atoms with E-state index in [4.69, 9.17) is 0 Å². The van der Waals surface area contributed by atoms with E-state index in [0.29, 0.717) is 11.0 Å². The van der Waals surface area contributed by atoms with E-state index in [0.717, 1.165) is 19.2 Å². The summed E-state index contributed by atoms with van der Waals surface area (Å²) < 4.78 is 151. The van der Waals surface area contributed by atoms with Crippen molar-refractivity contribution in [3.63, 3.8) is 0 Å². The average Bonchev–Trinajstić information content (AvgIpc) is 2.86. The second kappa shape index (κ2) is 10.9. The molecule has 41 heavy (non-hydrogen) atoms. The van der Waals surface area contributed by atoms with E-state index >= 15 is 8.78 Å². The molecule has 0 aromatic heterocycles. The predicted octanol–water partition coefficient (Wildman–Crippen LogP) is 8.43. The van der Waals surface area contributed by atoms with Gasteiger partial charge in [0.05, 0.1) is 22.5 Å². The minimum atomic E-state index is -6.86. The van der Waals surface area contributed by atoms with Crippen LogP contribution in [-0.4, -0.2) is 31.2 Å². The van der Waals surface area contributed by atoms with Crippen LogP contribution in [0.5, 0.6) is 0 Å². The van der Waals surface area contributed by atoms with Crippen molar-refractivity contribution in [1.82, 2.24) is 0 Å². The number of carbonyl (C=O) groups excluding carboxylic acids is 2. The highest BCUT2D eigenvalue weighted by Crippen LogP contribution is 2.58. The van der Waals surface area contributed by atoms with Crippen molar-refractivity contribution < 1.29 is 57.9 Å². The zero-order valence-electron chi connectivity index (χ0n) is 20.1. The summed E-state index contributed by atoms with van der Waals surface area (Å²) in [5.74, 6) is -4.35. The average molecular weight is 663 g/mol. The van der Waals surface area contributed by atoms with Gasteiger partial charge in [0, 0.05) is 22.6 Å². The highest BCUT2D eigenvalue weighted by molar-refractivity contribution is 9.10. The van der Waals surface area contributed by atoms with Crippen LogP contribution in [0.3, 0.4) is 0 Å². The van der Waals surface area contributed by atoms with Gasteiger partial charge in [-0.15, -0.1) is 0 Å². The van der Waals surface area contributed by atoms with Crippen LogP contribution in [0.15, 0.2) is 65.1 Å². The van der Waals surface area contributed by atoms with E-state index < -0.39 is 74.4 Å². The van der Waals surface area contributed by atoms with Gasteiger partial charge in [0.15, 0.2) is 5.82 Å². The molecule has 0 atom stereocenters. The quantitative estimate of drug-likeness (QED) is 0.279. The predicted molar refractivity (Wildman–Crippen MR) is 128 cm³/mol. The van der Waals surface area contributed by atoms with Crippen molar-refractivity contribution >= 4 is 39.1 Å². The van der Waals surface area contributed by atoms with Crippen LogP contribution in [0, 0.1) is 5.82 Å². The molecular weight excluding hydrogens is 649 g/mol. The van der Waals surface area contributed by atoms with Crippen molar-refractivity contribution in [3.8, 4) is 0 Å². The fourth-order valence-corrected chi connectivity index (χ4v) is 4.35. The van der Waals surface area contributed by atoms with Gasteiger partial charge in [-0.25, -0.2) is 8.78 Å². The van der Waals surface area contributed by atoms with E-state index in [1.807, 2.05) is 0 Å². The third-order valence-electron chi connectivity index (χ3n) is 5.73. The first kappa shape index (κ1) is 31.8. The maximum Gasteiger partial charge on any atom is 0.436 e. The number of hydrogen-bond acceptors (Lipinski definition) is 2. The maximum atomic E-state index is 15.4. The summed E-state index contributed by atoms with van der Waals surface area (Å²) in [5.41, 5.74) is -15.4. The summed E-state index contributed by atoms with van der Waals surface area (Å²) >= 11 is 2.22. The molecular formula is C25H14BrF11N2O2. The van der Waals surface area contributed by atoms with Gasteiger partial charge in [-0.1, -0.05) is 40.2 Å². The summed E-state index contributed by atoms with van der Waals surface area (Å²) in [7, 11) is 1.06. The molecule has 0 fully saturated rings. The minimum Gasteiger partial charge on any atom is -0.321 e. The number of halogens is 12. The highest BCUT2D eigenvalue weighted by Gasteiger charge is 2.75. The second-order valence-electron chi connectivity index (χ2n) is 8.32. The SMILES string of the molecule is CN(C(=O)c1ccccc1)c1cccc(C(=O)Nc2c(C(F)(F)F)ccc(Br)c2C(F)(C(F)(F)F)C(F)(F)F)c1F. The molecule has 0 unspecified atom stereocenters. The Labute approximate surface area is 231 Å². The molecule has 2 amide bonds. The van der Waals surface area contributed by atoms with Gasteiger partial charge in [-0.2, -0.15) is 39.5 Å². The highest BCUT2D eigenvalue weighted by atomic mass is 79.9. The van der Waals surface area contributed by atoms with Crippen molar-refractivity contribution in [2.24, 2.45) is 0 Å². The first-order chi connectivity index (χ1) is 18.7. The summed E-state index contributed by atoms with van der Waals surface area (Å²) in [5, 5.41) is 1.19. The molecule has 3 rings (SSSR count). The minimum absolute atomic E-state index is 0.00451. The Bertz CT molecular complexity index is 1460. The molecule has 0 radical (unpaired) electrons. The van der Waals surface area contributed by atoms with Gasteiger partial charge in [0.2, 0.25) is 0 Å². The van der Waals surface area contributed by atoms with Gasteiger partial charge in [0.25, 0.3) is 11.8 Å². The fourth-order valence-electron chi connectivity index (χ4n) is 3.74. The molecule has 3 aromatic carbocycles. The van der Waals surface area contributed by atoms with E-state index in [2.05, 4.69) is 15.9 Å². The first-order valence-electron chi connectivity index (χ1n) is 10.9. The molecule has 0 bridgehead atoms. The zero-order chi connectivity index (χ0) is 31.1. The largest absolute Gasteiger partial charge is 0.436 e. The Morgan fingerprint density at radius 3 is 1.85 bits per heavy atom. The molecule has 1 N–H and O–H groups in total. The van der Waals surface area contributed by atoms with Crippen molar-refractivity contribution in [3.05, 3.63) is 93.2 Å². The fraction of sp³-hybridized carbons (Fsp3) is 0.200. The summed E-state index contributed by atoms with van der Waals surface area (Å²) in [6.07, 6.45) is -19.4. The summed E-state index contributed by atoms with van der Waals surface area (Å²) in [6, 6.07) is 9.85. The molecule has 0 heterocycles. The smallest absolute Gasteiger partial charge is 0.321 e. The van der Waals surface area contributed by atoms with Crippen molar-refractivity contribution in [1.29, 1.82) is 0 Å². The molecule has 0 aliphatic heterocycles. The Kier molecular flexibility index (Phi) is 8.50. The van der Waals surface area contributed by atoms with Gasteiger partial charge in [-0.05, 0) is 36.4 Å². The molecule has 16 heteroatoms. The Morgan fingerprint density at radius 1 is 0.780 bits per heavy atom. The topological polar surface area (TPSA) is 49.4 Å². The number of benzene rings is 3. The van der Waals surface area contributed by atoms with Crippen molar-refractivity contribution in [2.75, 3.05) is 17.3 Å². The normalized spacial score (nSPS) is 12.7. The van der Waals surface area contributed by atoms with Crippen LogP contribution in [0.4, 0.5) is 59.7 Å². The Hall–Kier alpha value is -3.69. The molecule has 4 nitrogen and oxygen atoms in total. The molecule has 0 saturated carbocycles. The van der Waals surface area contributed by atoms with Crippen LogP contribution < -0.4 is 10.2 Å². The third-order valence-corrected chi connectivity index (χ3v) is 6.39. The monoisotopic (exact) mass is 662 g/mol. The summed E-state index contributed by atoms with van der Waals surface area (Å²) in [4.78, 5) is 26.3. The van der Waals surface area contributed by atoms with Crippen LogP contribution >= 0.6 is 15.9 Å². The lowest BCUT2D eigenvalue weighted by atomic mass is 9.90. The molecule has 3 aromatic rings. The van der Waals surface area contributed by atoms with E-state index in [1.165, 1.54) is 29.6 Å². The molecule has 220 valence electrons. The van der Waals surface area contributed by atoms with E-state index in [-0.39, 0.29) is 17.7 Å². The lowest BCUT2D eigenvalue weighted by Gasteiger charge is -2.33. The molecule has 0 aliphatic carbocycles. The number of anilines is 2. The zero-order valence-corrected chi connectivity index (χ0v) is 21.7. The second-order valence-corrected chi connectivity index (χ2v) is 9.17. The van der Waals surface area contributed by atoms with Crippen LogP contribution in [0.1, 0.15) is 31.8 Å². The van der Waals surface area contributed by atoms with E-state index in [9.17, 15) is 49.1 Å². The standard InChI is InChI=1S/C25H14BrF11N2O2/c1-39(21(41)12-6-3-2-4-7-12)16-9-5-8-13(18(16)27)20(40)38-19-14(23(29,30)31)10-11-15(26)17(19)22(28,24(32,33)34)25(35,36)37/h2-11H,1H3,(H,38,40). The number of nitrogens with one attached hydrogen (secondary N) is 1. The van der Waals surface area contributed by atoms with Gasteiger partial charge >= 0.3 is 24.2 Å². The third kappa shape index (κ3) is 5.87. The number of nitrogens with zero attached hydrogens (tertiary/aromatic N) is 1. The summed E-state index contributed by atoms with van der Waals surface area (Å²) in [6.45, 7) is 0. The Morgan fingerprint density at radius 2 is 1.34 bits per heavy atom. The van der Waals surface area contributed by atoms with E-state index in [1.54, 1.807) is 6.07 Å². The van der Waals surface area contributed by atoms with Gasteiger partial charge in [-0.3, -0.25) is 9.59 Å². The number of rotatable bonds is 5. The maximum absolute atomic E-state index is 15.4. The van der Waals surface area contributed by atoms with Crippen LogP contribution in [-0.2, 0) is 11.8 Å². The molecule has 0 saturated heterocycles. The number of amides is 2. The first-order valence-corrected chi connectivity index (χ1v) is 11.7. The Balaban J connectivity index is 2.20. The lowest BCUT2D eigenvalue weighted by Crippen LogP contribution is -2.51. The lowest BCUT2D eigenvalue weighted by molar-refractivity contribution is -0.348. The van der Waals surface area contributed by atoms with Crippen LogP contribution in [0.2, 0.25) is 0 Å². The molecule has 0 aliphatic rings. The number of carbonyl (C=O) groups is 2. The van der Waals surface area contributed by atoms with Crippen LogP contribution in [0.25, 0.3) is 0 Å². The number of hydrogen-bond donors (Lipinski definition) is 1. The van der Waals surface area contributed by atoms with Crippen molar-refractivity contribution in [2.45, 2.75) is 24.2 Å².